The van der Waals surface area contributed by atoms with Gasteiger partial charge in [0.2, 0.25) is 0 Å². The van der Waals surface area contributed by atoms with Gasteiger partial charge in [-0.25, -0.2) is 4.79 Å². The molecule has 1 saturated heterocycles. The van der Waals surface area contributed by atoms with Crippen molar-refractivity contribution in [3.63, 3.8) is 0 Å². The van der Waals surface area contributed by atoms with Gasteiger partial charge in [-0.1, -0.05) is 6.92 Å². The quantitative estimate of drug-likeness (QED) is 0.419. The third-order valence-electron chi connectivity index (χ3n) is 1.97. The van der Waals surface area contributed by atoms with Gasteiger partial charge in [-0.2, -0.15) is 0 Å². The van der Waals surface area contributed by atoms with Crippen molar-refractivity contribution in [3.8, 4) is 0 Å². The van der Waals surface area contributed by atoms with Crippen molar-refractivity contribution >= 4 is 5.97 Å². The Hall–Kier alpha value is -0.650. The molecule has 0 amide bonds. The summed E-state index contributed by atoms with van der Waals surface area (Å²) in [6.45, 7) is 1.71. The molecule has 0 aromatic heterocycles. The Labute approximate surface area is 69.6 Å². The van der Waals surface area contributed by atoms with Gasteiger partial charge in [-0.15, -0.1) is 0 Å². The Balaban J connectivity index is 2.70. The number of cyclic esters (lactones) is 1. The Bertz CT molecular complexity index is 179. The maximum absolute atomic E-state index is 10.8. The fourth-order valence-electron chi connectivity index (χ4n) is 1.16. The number of carbonyl (C=O) groups excluding carboxylic acids is 1. The van der Waals surface area contributed by atoms with E-state index in [-0.39, 0.29) is 0 Å². The van der Waals surface area contributed by atoms with Crippen molar-refractivity contribution in [2.75, 3.05) is 0 Å². The van der Waals surface area contributed by atoms with Crippen LogP contribution in [0.1, 0.15) is 13.3 Å². The summed E-state index contributed by atoms with van der Waals surface area (Å²) in [5.74, 6) is -0.875. The van der Waals surface area contributed by atoms with Crippen molar-refractivity contribution in [3.05, 3.63) is 0 Å². The smallest absolute Gasteiger partial charge is 0.338 e. The number of esters is 1. The second kappa shape index (κ2) is 3.38. The molecule has 1 aliphatic heterocycles. The van der Waals surface area contributed by atoms with Crippen molar-refractivity contribution in [2.45, 2.75) is 37.8 Å². The van der Waals surface area contributed by atoms with Crippen LogP contribution in [-0.4, -0.2) is 45.7 Å². The summed E-state index contributed by atoms with van der Waals surface area (Å²) in [6, 6.07) is 0. The van der Waals surface area contributed by atoms with Crippen LogP contribution in [-0.2, 0) is 9.53 Å². The zero-order valence-electron chi connectivity index (χ0n) is 6.67. The fraction of sp³-hybridized carbons (Fsp3) is 0.857. The van der Waals surface area contributed by atoms with E-state index >= 15 is 0 Å². The van der Waals surface area contributed by atoms with E-state index in [0.717, 1.165) is 0 Å². The van der Waals surface area contributed by atoms with Crippen LogP contribution >= 0.6 is 0 Å². The summed E-state index contributed by atoms with van der Waals surface area (Å²) >= 11 is 0. The Morgan fingerprint density at radius 1 is 1.33 bits per heavy atom. The molecule has 12 heavy (non-hydrogen) atoms. The Morgan fingerprint density at radius 2 is 1.92 bits per heavy atom. The molecule has 1 heterocycles. The first-order valence-electron chi connectivity index (χ1n) is 3.82. The van der Waals surface area contributed by atoms with Crippen molar-refractivity contribution in [1.82, 2.24) is 0 Å². The van der Waals surface area contributed by atoms with E-state index in [9.17, 15) is 9.90 Å². The van der Waals surface area contributed by atoms with E-state index in [1.165, 1.54) is 0 Å². The number of aliphatic hydroxyl groups excluding tert-OH is 3. The molecule has 1 aliphatic rings. The molecule has 0 radical (unpaired) electrons. The van der Waals surface area contributed by atoms with Gasteiger partial charge in [0.15, 0.2) is 6.10 Å². The largest absolute Gasteiger partial charge is 0.458 e. The van der Waals surface area contributed by atoms with Crippen LogP contribution in [0.15, 0.2) is 0 Å². The first kappa shape index (κ1) is 9.44. The van der Waals surface area contributed by atoms with E-state index in [0.29, 0.717) is 6.42 Å². The molecule has 0 saturated carbocycles. The van der Waals surface area contributed by atoms with Crippen LogP contribution in [0.5, 0.6) is 0 Å². The van der Waals surface area contributed by atoms with Crippen LogP contribution in [0.25, 0.3) is 0 Å². The highest BCUT2D eigenvalue weighted by Crippen LogP contribution is 2.18. The molecular weight excluding hydrogens is 164 g/mol. The average molecular weight is 176 g/mol. The monoisotopic (exact) mass is 176 g/mol. The van der Waals surface area contributed by atoms with Gasteiger partial charge in [0, 0.05) is 0 Å². The zero-order valence-corrected chi connectivity index (χ0v) is 6.67. The lowest BCUT2D eigenvalue weighted by atomic mass is 9.98. The second-order valence-electron chi connectivity index (χ2n) is 2.81. The highest BCUT2D eigenvalue weighted by atomic mass is 16.6. The third kappa shape index (κ3) is 1.43. The van der Waals surface area contributed by atoms with Gasteiger partial charge in [-0.3, -0.25) is 0 Å². The van der Waals surface area contributed by atoms with E-state index < -0.39 is 30.4 Å². The minimum absolute atomic E-state index is 0.413. The van der Waals surface area contributed by atoms with Gasteiger partial charge >= 0.3 is 5.97 Å². The molecule has 5 heteroatoms. The first-order valence-corrected chi connectivity index (χ1v) is 3.82. The molecule has 0 bridgehead atoms. The lowest BCUT2D eigenvalue weighted by Crippen LogP contribution is -2.55. The third-order valence-corrected chi connectivity index (χ3v) is 1.97. The number of aliphatic hydroxyl groups is 3. The molecule has 1 fully saturated rings. The fourth-order valence-corrected chi connectivity index (χ4v) is 1.16. The number of carbonyl (C=O) groups is 1. The average Bonchev–Trinajstić information content (AvgIpc) is 2.08. The second-order valence-corrected chi connectivity index (χ2v) is 2.81. The summed E-state index contributed by atoms with van der Waals surface area (Å²) in [5.41, 5.74) is 0. The van der Waals surface area contributed by atoms with Gasteiger partial charge in [0.1, 0.15) is 18.3 Å². The van der Waals surface area contributed by atoms with E-state index in [1.807, 2.05) is 0 Å². The molecule has 1 rings (SSSR count). The molecule has 0 aliphatic carbocycles. The van der Waals surface area contributed by atoms with E-state index in [2.05, 4.69) is 4.74 Å². The van der Waals surface area contributed by atoms with Gasteiger partial charge < -0.3 is 20.1 Å². The number of hydrogen-bond donors (Lipinski definition) is 3. The van der Waals surface area contributed by atoms with Crippen LogP contribution in [0.2, 0.25) is 0 Å². The highest BCUT2D eigenvalue weighted by molar-refractivity contribution is 5.76. The minimum atomic E-state index is -1.62. The van der Waals surface area contributed by atoms with Crippen molar-refractivity contribution in [2.24, 2.45) is 0 Å². The summed E-state index contributed by atoms with van der Waals surface area (Å²) in [7, 11) is 0. The van der Waals surface area contributed by atoms with Gasteiger partial charge in [0.25, 0.3) is 0 Å². The predicted molar refractivity (Wildman–Crippen MR) is 38.2 cm³/mol. The maximum Gasteiger partial charge on any atom is 0.338 e. The first-order chi connectivity index (χ1) is 5.57. The zero-order chi connectivity index (χ0) is 9.30. The molecular formula is C7H12O5. The minimum Gasteiger partial charge on any atom is -0.458 e. The molecule has 5 nitrogen and oxygen atoms in total. The Kier molecular flexibility index (Phi) is 2.66. The molecule has 0 spiro atoms. The van der Waals surface area contributed by atoms with Crippen LogP contribution in [0, 0.1) is 0 Å². The number of ether oxygens (including phenoxy) is 1. The normalized spacial score (nSPS) is 42.5. The molecule has 0 unspecified atom stereocenters. The highest BCUT2D eigenvalue weighted by Gasteiger charge is 2.42. The van der Waals surface area contributed by atoms with Gasteiger partial charge in [0.05, 0.1) is 0 Å². The molecule has 4 atom stereocenters. The summed E-state index contributed by atoms with van der Waals surface area (Å²) in [6.07, 6.45) is -4.55. The molecule has 0 aromatic rings. The topological polar surface area (TPSA) is 87.0 Å². The summed E-state index contributed by atoms with van der Waals surface area (Å²) < 4.78 is 4.63. The molecule has 70 valence electrons. The van der Waals surface area contributed by atoms with E-state index in [1.54, 1.807) is 6.92 Å². The van der Waals surface area contributed by atoms with Crippen molar-refractivity contribution < 1.29 is 24.9 Å². The Morgan fingerprint density at radius 3 is 2.42 bits per heavy atom. The van der Waals surface area contributed by atoms with Crippen LogP contribution < -0.4 is 0 Å². The lowest BCUT2D eigenvalue weighted by molar-refractivity contribution is -0.202. The van der Waals surface area contributed by atoms with Crippen LogP contribution in [0.4, 0.5) is 0 Å². The lowest BCUT2D eigenvalue weighted by Gasteiger charge is -2.33. The predicted octanol–water partition coefficient (Wildman–Crippen LogP) is -1.60. The van der Waals surface area contributed by atoms with E-state index in [4.69, 9.17) is 10.2 Å². The summed E-state index contributed by atoms with van der Waals surface area (Å²) in [4.78, 5) is 10.8. The standard InChI is InChI=1S/C7H12O5/c1-2-3-4(8)5(9)6(10)7(11)12-3/h3-6,8-10H,2H2,1H3/t3-,4+,5+,6-/m0/s1. The van der Waals surface area contributed by atoms with Gasteiger partial charge in [-0.05, 0) is 6.42 Å². The molecule has 3 N–H and O–H groups in total. The van der Waals surface area contributed by atoms with Crippen molar-refractivity contribution in [1.29, 1.82) is 0 Å². The summed E-state index contributed by atoms with van der Waals surface area (Å²) in [5, 5.41) is 27.3. The maximum atomic E-state index is 10.8. The number of rotatable bonds is 1. The molecule has 0 aromatic carbocycles. The SMILES string of the molecule is CC[C@@H]1OC(=O)[C@@H](O)[C@H](O)[C@@H]1O. The van der Waals surface area contributed by atoms with Crippen LogP contribution in [0.3, 0.4) is 0 Å². The number of hydrogen-bond acceptors (Lipinski definition) is 5.